The summed E-state index contributed by atoms with van der Waals surface area (Å²) in [6.45, 7) is 7.23. The average Bonchev–Trinajstić information content (AvgIpc) is 2.76. The first-order valence-electron chi connectivity index (χ1n) is 7.18. The van der Waals surface area contributed by atoms with Crippen molar-refractivity contribution in [3.63, 3.8) is 0 Å². The van der Waals surface area contributed by atoms with Crippen LogP contribution in [-0.4, -0.2) is 8.07 Å². The number of hydrogen-bond acceptors (Lipinski definition) is 1. The normalized spacial score (nSPS) is 15.9. The predicted molar refractivity (Wildman–Crippen MR) is 92.6 cm³/mol. The highest BCUT2D eigenvalue weighted by molar-refractivity contribution is 7.22. The first-order chi connectivity index (χ1) is 9.57. The average molecular weight is 294 g/mol. The van der Waals surface area contributed by atoms with Gasteiger partial charge in [0, 0.05) is 16.0 Å². The number of aryl methyl sites for hydroxylation is 1. The van der Waals surface area contributed by atoms with E-state index < -0.39 is 8.07 Å². The Labute approximate surface area is 125 Å². The van der Waals surface area contributed by atoms with Gasteiger partial charge in [-0.15, -0.1) is 11.3 Å². The van der Waals surface area contributed by atoms with Gasteiger partial charge >= 0.3 is 0 Å². The largest absolute Gasteiger partial charge is 0.140 e. The first kappa shape index (κ1) is 12.4. The Morgan fingerprint density at radius 1 is 1.05 bits per heavy atom. The lowest BCUT2D eigenvalue weighted by Crippen LogP contribution is -2.57. The van der Waals surface area contributed by atoms with Crippen LogP contribution in [0, 0.1) is 6.92 Å². The van der Waals surface area contributed by atoms with E-state index >= 15 is 0 Å². The van der Waals surface area contributed by atoms with Gasteiger partial charge in [-0.25, -0.2) is 0 Å². The standard InChI is InChI=1S/C18H18SSi/c1-12-8-9-17-13(10-12)11-16-18(20(17,2)3)14-6-4-5-7-15(14)19-16/h4-10H,11H2,1-3H3. The third-order valence-electron chi connectivity index (χ3n) is 4.58. The van der Waals surface area contributed by atoms with E-state index in [1.807, 2.05) is 11.3 Å². The van der Waals surface area contributed by atoms with Gasteiger partial charge in [-0.2, -0.15) is 0 Å². The zero-order valence-corrected chi connectivity index (χ0v) is 14.0. The summed E-state index contributed by atoms with van der Waals surface area (Å²) in [6, 6.07) is 16.0. The fourth-order valence-corrected chi connectivity index (χ4v) is 9.24. The topological polar surface area (TPSA) is 0 Å². The summed E-state index contributed by atoms with van der Waals surface area (Å²) in [5.41, 5.74) is 2.96. The molecule has 2 aromatic carbocycles. The predicted octanol–water partition coefficient (Wildman–Crippen LogP) is 3.94. The molecule has 0 aliphatic carbocycles. The molecule has 1 aromatic heterocycles. The van der Waals surface area contributed by atoms with E-state index in [1.54, 1.807) is 20.8 Å². The van der Waals surface area contributed by atoms with E-state index in [0.717, 1.165) is 6.42 Å². The SMILES string of the molecule is Cc1ccc2c(c1)Cc1sc3ccccc3c1[Si]2(C)C. The summed E-state index contributed by atoms with van der Waals surface area (Å²) < 4.78 is 1.46. The maximum absolute atomic E-state index is 2.51. The van der Waals surface area contributed by atoms with Gasteiger partial charge in [-0.1, -0.05) is 60.2 Å². The molecule has 1 aliphatic heterocycles. The molecule has 3 aromatic rings. The Morgan fingerprint density at radius 2 is 1.85 bits per heavy atom. The number of hydrogen-bond donors (Lipinski definition) is 0. The fraction of sp³-hybridized carbons (Fsp3) is 0.222. The van der Waals surface area contributed by atoms with Crippen molar-refractivity contribution in [2.24, 2.45) is 0 Å². The van der Waals surface area contributed by atoms with Crippen LogP contribution in [-0.2, 0) is 6.42 Å². The zero-order valence-electron chi connectivity index (χ0n) is 12.2. The van der Waals surface area contributed by atoms with Gasteiger partial charge in [0.25, 0.3) is 0 Å². The van der Waals surface area contributed by atoms with Gasteiger partial charge in [-0.3, -0.25) is 0 Å². The molecule has 0 amide bonds. The second kappa shape index (κ2) is 4.06. The van der Waals surface area contributed by atoms with Crippen molar-refractivity contribution in [2.45, 2.75) is 26.4 Å². The fourth-order valence-electron chi connectivity index (χ4n) is 3.69. The molecule has 2 heterocycles. The van der Waals surface area contributed by atoms with Crippen molar-refractivity contribution in [3.05, 3.63) is 58.5 Å². The highest BCUT2D eigenvalue weighted by Gasteiger charge is 2.37. The van der Waals surface area contributed by atoms with Gasteiger partial charge in [0.05, 0.1) is 0 Å². The molecule has 4 rings (SSSR count). The van der Waals surface area contributed by atoms with Crippen molar-refractivity contribution in [1.82, 2.24) is 0 Å². The molecular formula is C18H18SSi. The number of rotatable bonds is 0. The minimum atomic E-state index is -1.56. The van der Waals surface area contributed by atoms with Crippen LogP contribution in [0.4, 0.5) is 0 Å². The second-order valence-corrected chi connectivity index (χ2v) is 11.8. The van der Waals surface area contributed by atoms with Crippen LogP contribution in [0.1, 0.15) is 16.0 Å². The van der Waals surface area contributed by atoms with E-state index in [4.69, 9.17) is 0 Å². The van der Waals surface area contributed by atoms with Crippen molar-refractivity contribution >= 4 is 39.9 Å². The minimum Gasteiger partial charge on any atom is -0.140 e. The minimum absolute atomic E-state index is 1.13. The van der Waals surface area contributed by atoms with E-state index in [2.05, 4.69) is 62.5 Å². The molecule has 0 saturated heterocycles. The lowest BCUT2D eigenvalue weighted by atomic mass is 10.1. The molecule has 0 spiro atoms. The summed E-state index contributed by atoms with van der Waals surface area (Å²) in [7, 11) is -1.56. The van der Waals surface area contributed by atoms with Crippen molar-refractivity contribution in [2.75, 3.05) is 0 Å². The van der Waals surface area contributed by atoms with Gasteiger partial charge in [0.1, 0.15) is 8.07 Å². The summed E-state index contributed by atoms with van der Waals surface area (Å²) in [6.07, 6.45) is 1.13. The quantitative estimate of drug-likeness (QED) is 0.551. The Morgan fingerprint density at radius 3 is 2.70 bits per heavy atom. The smallest absolute Gasteiger partial charge is 0.114 e. The molecule has 0 atom stereocenters. The Hall–Kier alpha value is -1.38. The van der Waals surface area contributed by atoms with E-state index in [-0.39, 0.29) is 0 Å². The number of benzene rings is 2. The summed E-state index contributed by atoms with van der Waals surface area (Å²) in [5, 5.41) is 4.84. The zero-order chi connectivity index (χ0) is 13.9. The number of fused-ring (bicyclic) bond motifs is 4. The Balaban J connectivity index is 2.06. The summed E-state index contributed by atoms with van der Waals surface area (Å²) in [5.74, 6) is 0. The maximum atomic E-state index is 2.51. The second-order valence-electron chi connectivity index (χ2n) is 6.36. The molecule has 0 nitrogen and oxygen atoms in total. The lowest BCUT2D eigenvalue weighted by molar-refractivity contribution is 1.23. The van der Waals surface area contributed by atoms with Crippen LogP contribution >= 0.6 is 11.3 Å². The number of thiophene rings is 1. The molecule has 0 saturated carbocycles. The van der Waals surface area contributed by atoms with Crippen LogP contribution in [0.2, 0.25) is 13.1 Å². The van der Waals surface area contributed by atoms with Crippen LogP contribution in [0.15, 0.2) is 42.5 Å². The molecule has 1 aliphatic rings. The molecule has 0 bridgehead atoms. The van der Waals surface area contributed by atoms with E-state index in [0.29, 0.717) is 0 Å². The molecule has 0 N–H and O–H groups in total. The molecule has 2 heteroatoms. The third kappa shape index (κ3) is 1.58. The Bertz CT molecular complexity index is 827. The van der Waals surface area contributed by atoms with Gasteiger partial charge < -0.3 is 0 Å². The van der Waals surface area contributed by atoms with E-state index in [1.165, 1.54) is 15.6 Å². The van der Waals surface area contributed by atoms with Crippen LogP contribution in [0.3, 0.4) is 0 Å². The van der Waals surface area contributed by atoms with Gasteiger partial charge in [0.15, 0.2) is 0 Å². The van der Waals surface area contributed by atoms with Crippen LogP contribution in [0.5, 0.6) is 0 Å². The molecule has 20 heavy (non-hydrogen) atoms. The van der Waals surface area contributed by atoms with Gasteiger partial charge in [-0.05, 0) is 29.1 Å². The molecule has 0 fully saturated rings. The monoisotopic (exact) mass is 294 g/mol. The highest BCUT2D eigenvalue weighted by atomic mass is 32.1. The summed E-state index contributed by atoms with van der Waals surface area (Å²) in [4.78, 5) is 1.61. The molecule has 100 valence electrons. The van der Waals surface area contributed by atoms with Crippen molar-refractivity contribution in [3.8, 4) is 0 Å². The first-order valence-corrected chi connectivity index (χ1v) is 11.0. The van der Waals surface area contributed by atoms with Crippen LogP contribution < -0.4 is 10.4 Å². The van der Waals surface area contributed by atoms with Crippen molar-refractivity contribution < 1.29 is 0 Å². The highest BCUT2D eigenvalue weighted by Crippen LogP contribution is 2.31. The molecule has 0 radical (unpaired) electrons. The molecule has 0 unspecified atom stereocenters. The van der Waals surface area contributed by atoms with Crippen molar-refractivity contribution in [1.29, 1.82) is 0 Å². The summed E-state index contributed by atoms with van der Waals surface area (Å²) >= 11 is 2.01. The maximum Gasteiger partial charge on any atom is 0.114 e. The third-order valence-corrected chi connectivity index (χ3v) is 9.59. The van der Waals surface area contributed by atoms with Crippen LogP contribution in [0.25, 0.3) is 10.1 Å². The van der Waals surface area contributed by atoms with E-state index in [9.17, 15) is 0 Å². The lowest BCUT2D eigenvalue weighted by Gasteiger charge is -2.32. The Kier molecular flexibility index (Phi) is 2.51. The van der Waals surface area contributed by atoms with Gasteiger partial charge in [0.2, 0.25) is 0 Å². The molecular weight excluding hydrogens is 276 g/mol.